The van der Waals surface area contributed by atoms with Crippen molar-refractivity contribution in [3.63, 3.8) is 0 Å². The summed E-state index contributed by atoms with van der Waals surface area (Å²) in [7, 11) is 0. The van der Waals surface area contributed by atoms with E-state index in [0.717, 1.165) is 22.0 Å². The van der Waals surface area contributed by atoms with Crippen molar-refractivity contribution in [1.29, 1.82) is 0 Å². The predicted octanol–water partition coefficient (Wildman–Crippen LogP) is 3.31. The zero-order chi connectivity index (χ0) is 19.5. The number of hydrogen-bond acceptors (Lipinski definition) is 5. The molecule has 0 saturated carbocycles. The number of aryl methyl sites for hydroxylation is 1. The van der Waals surface area contributed by atoms with Gasteiger partial charge in [0.1, 0.15) is 12.3 Å². The maximum atomic E-state index is 12.2. The second-order valence-electron chi connectivity index (χ2n) is 6.38. The van der Waals surface area contributed by atoms with Crippen LogP contribution < -0.4 is 5.56 Å². The minimum absolute atomic E-state index is 0.0728. The maximum Gasteiger partial charge on any atom is 0.331 e. The summed E-state index contributed by atoms with van der Waals surface area (Å²) in [6, 6.07) is 14.6. The van der Waals surface area contributed by atoms with Gasteiger partial charge in [-0.25, -0.2) is 9.78 Å². The van der Waals surface area contributed by atoms with Gasteiger partial charge in [-0.1, -0.05) is 24.3 Å². The van der Waals surface area contributed by atoms with Crippen molar-refractivity contribution in [2.75, 3.05) is 0 Å². The SMILES string of the molecule is Cc1ccn2c(=O)cc(COC(=O)/C=C/c3cccc4cccnc34)nc2c1. The number of carbonyl (C=O) groups excluding carboxylic acids is 1. The number of carbonyl (C=O) groups is 1. The van der Waals surface area contributed by atoms with Gasteiger partial charge in [0, 0.05) is 35.5 Å². The normalized spacial score (nSPS) is 11.3. The van der Waals surface area contributed by atoms with Gasteiger partial charge in [-0.3, -0.25) is 14.2 Å². The average Bonchev–Trinajstić information content (AvgIpc) is 2.70. The fourth-order valence-corrected chi connectivity index (χ4v) is 2.94. The van der Waals surface area contributed by atoms with Crippen molar-refractivity contribution >= 4 is 28.6 Å². The summed E-state index contributed by atoms with van der Waals surface area (Å²) in [5, 5.41) is 0.995. The highest BCUT2D eigenvalue weighted by molar-refractivity contribution is 5.92. The molecule has 4 rings (SSSR count). The largest absolute Gasteiger partial charge is 0.456 e. The van der Waals surface area contributed by atoms with E-state index in [9.17, 15) is 9.59 Å². The lowest BCUT2D eigenvalue weighted by atomic mass is 10.1. The zero-order valence-corrected chi connectivity index (χ0v) is 15.2. The van der Waals surface area contributed by atoms with Crippen LogP contribution in [0.3, 0.4) is 0 Å². The Morgan fingerprint density at radius 1 is 1.18 bits per heavy atom. The fraction of sp³-hybridized carbons (Fsp3) is 0.0909. The third-order valence-corrected chi connectivity index (χ3v) is 4.30. The van der Waals surface area contributed by atoms with E-state index in [2.05, 4.69) is 9.97 Å². The number of fused-ring (bicyclic) bond motifs is 2. The van der Waals surface area contributed by atoms with Crippen LogP contribution in [0, 0.1) is 6.92 Å². The number of pyridine rings is 2. The summed E-state index contributed by atoms with van der Waals surface area (Å²) in [6.45, 7) is 1.85. The number of rotatable bonds is 4. The summed E-state index contributed by atoms with van der Waals surface area (Å²) < 4.78 is 6.69. The van der Waals surface area contributed by atoms with E-state index in [1.807, 2.05) is 43.3 Å². The first-order valence-electron chi connectivity index (χ1n) is 8.78. The molecule has 4 aromatic rings. The Morgan fingerprint density at radius 2 is 2.04 bits per heavy atom. The predicted molar refractivity (Wildman–Crippen MR) is 107 cm³/mol. The van der Waals surface area contributed by atoms with Gasteiger partial charge in [-0.15, -0.1) is 0 Å². The minimum atomic E-state index is -0.515. The lowest BCUT2D eigenvalue weighted by Crippen LogP contribution is -2.16. The summed E-state index contributed by atoms with van der Waals surface area (Å²) in [4.78, 5) is 33.0. The zero-order valence-electron chi connectivity index (χ0n) is 15.2. The van der Waals surface area contributed by atoms with Crippen LogP contribution in [0.25, 0.3) is 22.6 Å². The highest BCUT2D eigenvalue weighted by Crippen LogP contribution is 2.17. The molecule has 0 spiro atoms. The van der Waals surface area contributed by atoms with Gasteiger partial charge in [0.15, 0.2) is 0 Å². The van der Waals surface area contributed by atoms with Gasteiger partial charge in [-0.2, -0.15) is 0 Å². The number of hydrogen-bond donors (Lipinski definition) is 0. The molecule has 0 radical (unpaired) electrons. The van der Waals surface area contributed by atoms with Crippen molar-refractivity contribution in [2.24, 2.45) is 0 Å². The van der Waals surface area contributed by atoms with E-state index in [0.29, 0.717) is 11.3 Å². The van der Waals surface area contributed by atoms with Gasteiger partial charge in [0.05, 0.1) is 11.2 Å². The molecular formula is C22H17N3O3. The van der Waals surface area contributed by atoms with E-state index in [1.165, 1.54) is 16.5 Å². The molecule has 0 aliphatic heterocycles. The smallest absolute Gasteiger partial charge is 0.331 e. The lowest BCUT2D eigenvalue weighted by Gasteiger charge is -2.05. The molecule has 0 aliphatic carbocycles. The first-order valence-corrected chi connectivity index (χ1v) is 8.78. The second-order valence-corrected chi connectivity index (χ2v) is 6.38. The van der Waals surface area contributed by atoms with E-state index in [1.54, 1.807) is 24.5 Å². The van der Waals surface area contributed by atoms with Crippen LogP contribution >= 0.6 is 0 Å². The molecule has 0 fully saturated rings. The van der Waals surface area contributed by atoms with Gasteiger partial charge in [-0.05, 0) is 36.8 Å². The Morgan fingerprint density at radius 3 is 2.93 bits per heavy atom. The van der Waals surface area contributed by atoms with Crippen LogP contribution in [0.15, 0.2) is 71.8 Å². The molecule has 0 unspecified atom stereocenters. The molecule has 0 amide bonds. The third kappa shape index (κ3) is 3.66. The Balaban J connectivity index is 1.49. The van der Waals surface area contributed by atoms with Crippen LogP contribution in [0.5, 0.6) is 0 Å². The molecule has 0 atom stereocenters. The average molecular weight is 371 g/mol. The topological polar surface area (TPSA) is 73.6 Å². The third-order valence-electron chi connectivity index (χ3n) is 4.30. The second kappa shape index (κ2) is 7.44. The van der Waals surface area contributed by atoms with E-state index >= 15 is 0 Å². The van der Waals surface area contributed by atoms with Crippen molar-refractivity contribution in [3.8, 4) is 0 Å². The van der Waals surface area contributed by atoms with E-state index < -0.39 is 5.97 Å². The van der Waals surface area contributed by atoms with E-state index in [-0.39, 0.29) is 12.2 Å². The molecule has 0 aliphatic rings. The van der Waals surface area contributed by atoms with Gasteiger partial charge in [0.25, 0.3) is 5.56 Å². The molecular weight excluding hydrogens is 354 g/mol. The maximum absolute atomic E-state index is 12.2. The summed E-state index contributed by atoms with van der Waals surface area (Å²) in [5.41, 5.74) is 3.35. The Hall–Kier alpha value is -3.80. The summed E-state index contributed by atoms with van der Waals surface area (Å²) in [5.74, 6) is -0.515. The molecule has 6 heteroatoms. The summed E-state index contributed by atoms with van der Waals surface area (Å²) >= 11 is 0. The van der Waals surface area contributed by atoms with E-state index in [4.69, 9.17) is 4.74 Å². The fourth-order valence-electron chi connectivity index (χ4n) is 2.94. The van der Waals surface area contributed by atoms with Crippen molar-refractivity contribution in [3.05, 3.63) is 94.2 Å². The van der Waals surface area contributed by atoms with Crippen LogP contribution in [0.1, 0.15) is 16.8 Å². The van der Waals surface area contributed by atoms with Crippen molar-refractivity contribution < 1.29 is 9.53 Å². The van der Waals surface area contributed by atoms with Crippen molar-refractivity contribution in [2.45, 2.75) is 13.5 Å². The molecule has 3 heterocycles. The first kappa shape index (κ1) is 17.6. The van der Waals surface area contributed by atoms with Gasteiger partial charge in [0.2, 0.25) is 0 Å². The molecule has 0 saturated heterocycles. The molecule has 138 valence electrons. The number of aromatic nitrogens is 3. The van der Waals surface area contributed by atoms with Crippen LogP contribution in [-0.2, 0) is 16.1 Å². The number of nitrogens with zero attached hydrogens (tertiary/aromatic N) is 3. The highest BCUT2D eigenvalue weighted by Gasteiger charge is 2.06. The molecule has 28 heavy (non-hydrogen) atoms. The Kier molecular flexibility index (Phi) is 4.68. The Labute approximate surface area is 160 Å². The highest BCUT2D eigenvalue weighted by atomic mass is 16.5. The molecule has 1 aromatic carbocycles. The Bertz CT molecular complexity index is 1270. The quantitative estimate of drug-likeness (QED) is 0.406. The number of para-hydroxylation sites is 1. The number of benzene rings is 1. The lowest BCUT2D eigenvalue weighted by molar-refractivity contribution is -0.139. The van der Waals surface area contributed by atoms with Crippen molar-refractivity contribution in [1.82, 2.24) is 14.4 Å². The number of ether oxygens (including phenoxy) is 1. The number of esters is 1. The monoisotopic (exact) mass is 371 g/mol. The van der Waals surface area contributed by atoms with Gasteiger partial charge >= 0.3 is 5.97 Å². The standard InChI is InChI=1S/C22H17N3O3/c1-15-9-11-25-19(12-15)24-18(13-20(25)26)14-28-21(27)8-7-17-5-2-4-16-6-3-10-23-22(16)17/h2-13H,14H2,1H3/b8-7+. The molecule has 0 N–H and O–H groups in total. The molecule has 0 bridgehead atoms. The van der Waals surface area contributed by atoms with Crippen LogP contribution in [-0.4, -0.2) is 20.3 Å². The molecule has 3 aromatic heterocycles. The molecule has 6 nitrogen and oxygen atoms in total. The summed E-state index contributed by atoms with van der Waals surface area (Å²) in [6.07, 6.45) is 6.41. The van der Waals surface area contributed by atoms with Crippen LogP contribution in [0.4, 0.5) is 0 Å². The minimum Gasteiger partial charge on any atom is -0.456 e. The first-order chi connectivity index (χ1) is 13.6. The van der Waals surface area contributed by atoms with Gasteiger partial charge < -0.3 is 4.74 Å². The van der Waals surface area contributed by atoms with Crippen LogP contribution in [0.2, 0.25) is 0 Å².